The van der Waals surface area contributed by atoms with Crippen LogP contribution >= 0.6 is 0 Å². The van der Waals surface area contributed by atoms with E-state index in [0.29, 0.717) is 0 Å². The number of aromatic nitrogens is 2. The lowest BCUT2D eigenvalue weighted by Gasteiger charge is -2.25. The normalized spacial score (nSPS) is 11.7. The summed E-state index contributed by atoms with van der Waals surface area (Å²) in [5.41, 5.74) is 17.3. The molecule has 2 heterocycles. The second kappa shape index (κ2) is 16.7. The zero-order valence-corrected chi connectivity index (χ0v) is 38.8. The number of hydrogen-bond donors (Lipinski definition) is 0. The molecule has 332 valence electrons. The molecular weight excluding hydrogens is 859 g/mol. The van der Waals surface area contributed by atoms with Gasteiger partial charge in [0.25, 0.3) is 0 Å². The van der Waals surface area contributed by atoms with Crippen molar-refractivity contribution in [3.05, 3.63) is 273 Å². The molecule has 14 rings (SSSR count). The summed E-state index contributed by atoms with van der Waals surface area (Å²) >= 11 is 0. The lowest BCUT2D eigenvalue weighted by atomic mass is 9.89. The molecule has 14 aromatic rings. The van der Waals surface area contributed by atoms with Crippen molar-refractivity contribution in [2.45, 2.75) is 0 Å². The second-order valence-corrected chi connectivity index (χ2v) is 18.5. The van der Waals surface area contributed by atoms with Crippen LogP contribution in [-0.4, -0.2) is 9.13 Å². The minimum Gasteiger partial charge on any atom is -0.311 e. The molecule has 0 radical (unpaired) electrons. The Morgan fingerprint density at radius 3 is 1.39 bits per heavy atom. The lowest BCUT2D eigenvalue weighted by Crippen LogP contribution is -2.09. The largest absolute Gasteiger partial charge is 0.311 e. The van der Waals surface area contributed by atoms with Crippen molar-refractivity contribution >= 4 is 82.2 Å². The Labute approximate surface area is 412 Å². The topological polar surface area (TPSA) is 13.1 Å². The maximum atomic E-state index is 2.47. The van der Waals surface area contributed by atoms with Crippen LogP contribution in [0.5, 0.6) is 0 Å². The molecule has 0 spiro atoms. The summed E-state index contributed by atoms with van der Waals surface area (Å²) in [5, 5.41) is 9.99. The van der Waals surface area contributed by atoms with E-state index >= 15 is 0 Å². The average Bonchev–Trinajstić information content (AvgIpc) is 3.97. The monoisotopic (exact) mass is 903 g/mol. The van der Waals surface area contributed by atoms with Gasteiger partial charge < -0.3 is 14.0 Å². The van der Waals surface area contributed by atoms with Gasteiger partial charge in [-0.25, -0.2) is 0 Å². The van der Waals surface area contributed by atoms with Crippen molar-refractivity contribution in [1.29, 1.82) is 0 Å². The molecule has 71 heavy (non-hydrogen) atoms. The van der Waals surface area contributed by atoms with E-state index < -0.39 is 0 Å². The second-order valence-electron chi connectivity index (χ2n) is 18.5. The molecule has 0 N–H and O–H groups in total. The molecule has 0 aliphatic heterocycles. The molecule has 3 nitrogen and oxygen atoms in total. The van der Waals surface area contributed by atoms with Crippen LogP contribution in [0.4, 0.5) is 17.1 Å². The Morgan fingerprint density at radius 1 is 0.239 bits per heavy atom. The van der Waals surface area contributed by atoms with Gasteiger partial charge in [0.15, 0.2) is 0 Å². The molecule has 3 heteroatoms. The molecule has 0 saturated carbocycles. The van der Waals surface area contributed by atoms with Crippen LogP contribution in [0.3, 0.4) is 0 Å². The van der Waals surface area contributed by atoms with Gasteiger partial charge in [-0.2, -0.15) is 0 Å². The summed E-state index contributed by atoms with van der Waals surface area (Å²) in [4.78, 5) is 2.32. The van der Waals surface area contributed by atoms with Crippen LogP contribution in [0, 0.1) is 0 Å². The number of anilines is 3. The molecule has 0 fully saturated rings. The minimum atomic E-state index is 1.10. The van der Waals surface area contributed by atoms with Gasteiger partial charge in [-0.1, -0.05) is 170 Å². The van der Waals surface area contributed by atoms with E-state index in [9.17, 15) is 0 Å². The molecule has 0 atom stereocenters. The van der Waals surface area contributed by atoms with Crippen LogP contribution in [0.1, 0.15) is 0 Å². The highest BCUT2D eigenvalue weighted by molar-refractivity contribution is 6.30. The fourth-order valence-corrected chi connectivity index (χ4v) is 11.3. The van der Waals surface area contributed by atoms with Crippen molar-refractivity contribution < 1.29 is 0 Å². The van der Waals surface area contributed by atoms with Gasteiger partial charge in [0, 0.05) is 50.0 Å². The minimum absolute atomic E-state index is 1.10. The van der Waals surface area contributed by atoms with Gasteiger partial charge in [0.1, 0.15) is 0 Å². The summed E-state index contributed by atoms with van der Waals surface area (Å²) in [6.07, 6.45) is 0. The standard InChI is InChI=1S/C68H45N3/c1-5-20-52(21-6-1)69(53-22-7-2-8-23-53)56-37-33-46(34-38-56)49-41-50(48-35-39-60-59-30-17-18-32-63(59)70(65(60)44-48)54-24-9-3-10-25-54)43-51(42-49)62-45-66-68(61-31-16-15-29-58(61)62)67-57-28-14-13-19-47(57)36-40-64(67)71(66)55-26-11-4-12-27-55/h1-45H. The fourth-order valence-electron chi connectivity index (χ4n) is 11.3. The highest BCUT2D eigenvalue weighted by Gasteiger charge is 2.22. The molecule has 0 amide bonds. The number of fused-ring (bicyclic) bond motifs is 10. The maximum absolute atomic E-state index is 2.47. The highest BCUT2D eigenvalue weighted by Crippen LogP contribution is 2.46. The molecule has 0 aliphatic rings. The molecule has 0 saturated heterocycles. The van der Waals surface area contributed by atoms with Crippen molar-refractivity contribution in [3.8, 4) is 44.8 Å². The van der Waals surface area contributed by atoms with Gasteiger partial charge in [-0.15, -0.1) is 0 Å². The Hall–Kier alpha value is -9.44. The number of rotatable bonds is 8. The molecular formula is C68H45N3. The maximum Gasteiger partial charge on any atom is 0.0553 e. The molecule has 0 unspecified atom stereocenters. The first-order valence-electron chi connectivity index (χ1n) is 24.4. The molecule has 0 aliphatic carbocycles. The van der Waals surface area contributed by atoms with Gasteiger partial charge in [0.05, 0.1) is 22.1 Å². The Bertz CT molecular complexity index is 4260. The Balaban J connectivity index is 1.03. The zero-order valence-electron chi connectivity index (χ0n) is 38.8. The van der Waals surface area contributed by atoms with Crippen molar-refractivity contribution in [2.24, 2.45) is 0 Å². The first-order chi connectivity index (χ1) is 35.2. The van der Waals surface area contributed by atoms with Crippen LogP contribution < -0.4 is 4.90 Å². The number of benzene rings is 12. The van der Waals surface area contributed by atoms with Gasteiger partial charge in [0.2, 0.25) is 0 Å². The number of nitrogens with zero attached hydrogens (tertiary/aromatic N) is 3. The van der Waals surface area contributed by atoms with Crippen LogP contribution in [0.25, 0.3) is 110 Å². The third kappa shape index (κ3) is 6.74. The zero-order chi connectivity index (χ0) is 46.8. The van der Waals surface area contributed by atoms with E-state index in [-0.39, 0.29) is 0 Å². The molecule has 2 aromatic heterocycles. The first kappa shape index (κ1) is 40.6. The number of para-hydroxylation sites is 5. The third-order valence-corrected chi connectivity index (χ3v) is 14.4. The number of hydrogen-bond acceptors (Lipinski definition) is 1. The van der Waals surface area contributed by atoms with Crippen LogP contribution in [0.15, 0.2) is 273 Å². The third-order valence-electron chi connectivity index (χ3n) is 14.4. The van der Waals surface area contributed by atoms with E-state index in [1.54, 1.807) is 0 Å². The van der Waals surface area contributed by atoms with E-state index in [1.165, 1.54) is 70.7 Å². The van der Waals surface area contributed by atoms with Crippen molar-refractivity contribution in [3.63, 3.8) is 0 Å². The quantitative estimate of drug-likeness (QED) is 0.148. The fraction of sp³-hybridized carbons (Fsp3) is 0. The van der Waals surface area contributed by atoms with E-state index in [1.807, 2.05) is 0 Å². The Morgan fingerprint density at radius 2 is 0.718 bits per heavy atom. The molecule has 0 bridgehead atoms. The predicted octanol–water partition coefficient (Wildman–Crippen LogP) is 18.7. The van der Waals surface area contributed by atoms with Gasteiger partial charge >= 0.3 is 0 Å². The average molecular weight is 904 g/mol. The van der Waals surface area contributed by atoms with Crippen molar-refractivity contribution in [2.75, 3.05) is 4.90 Å². The SMILES string of the molecule is c1ccc(N(c2ccccc2)c2ccc(-c3cc(-c4ccc5c6ccccc6n(-c6ccccc6)c5c4)cc(-c4cc5c(c6ccccc46)c4c6ccccc6ccc4n5-c4ccccc4)c3)cc2)cc1. The smallest absolute Gasteiger partial charge is 0.0553 e. The van der Waals surface area contributed by atoms with E-state index in [0.717, 1.165) is 56.3 Å². The predicted molar refractivity (Wildman–Crippen MR) is 301 cm³/mol. The molecule has 12 aromatic carbocycles. The summed E-state index contributed by atoms with van der Waals surface area (Å²) in [6.45, 7) is 0. The summed E-state index contributed by atoms with van der Waals surface area (Å²) in [6, 6.07) is 99.8. The van der Waals surface area contributed by atoms with Gasteiger partial charge in [-0.05, 0) is 158 Å². The van der Waals surface area contributed by atoms with E-state index in [4.69, 9.17) is 0 Å². The Kier molecular flexibility index (Phi) is 9.53. The van der Waals surface area contributed by atoms with Crippen molar-refractivity contribution in [1.82, 2.24) is 9.13 Å². The first-order valence-corrected chi connectivity index (χ1v) is 24.4. The van der Waals surface area contributed by atoms with Gasteiger partial charge in [-0.3, -0.25) is 0 Å². The van der Waals surface area contributed by atoms with E-state index in [2.05, 4.69) is 287 Å². The summed E-state index contributed by atoms with van der Waals surface area (Å²) in [7, 11) is 0. The summed E-state index contributed by atoms with van der Waals surface area (Å²) in [5.74, 6) is 0. The highest BCUT2D eigenvalue weighted by atomic mass is 15.1. The van der Waals surface area contributed by atoms with Crippen LogP contribution in [0.2, 0.25) is 0 Å². The lowest BCUT2D eigenvalue weighted by molar-refractivity contribution is 1.18. The summed E-state index contributed by atoms with van der Waals surface area (Å²) < 4.78 is 4.88. The van der Waals surface area contributed by atoms with Crippen LogP contribution in [-0.2, 0) is 0 Å².